The van der Waals surface area contributed by atoms with Crippen molar-refractivity contribution in [1.29, 1.82) is 0 Å². The van der Waals surface area contributed by atoms with Crippen LogP contribution in [0.2, 0.25) is 0 Å². The van der Waals surface area contributed by atoms with Crippen LogP contribution in [0.15, 0.2) is 47.4 Å². The quantitative estimate of drug-likeness (QED) is 0.601. The average Bonchev–Trinajstić information content (AvgIpc) is 2.93. The van der Waals surface area contributed by atoms with Crippen LogP contribution in [0.25, 0.3) is 6.08 Å². The maximum absolute atomic E-state index is 13.3. The summed E-state index contributed by atoms with van der Waals surface area (Å²) in [6.45, 7) is -0.170. The molecule has 1 fully saturated rings. The lowest BCUT2D eigenvalue weighted by atomic mass is 10.2. The molecule has 0 atom stereocenters. The van der Waals surface area contributed by atoms with E-state index in [1.165, 1.54) is 30.3 Å². The Balaban J connectivity index is 1.61. The number of carboxylic acid groups (broad SMARTS) is 1. The second kappa shape index (κ2) is 8.78. The predicted octanol–water partition coefficient (Wildman–Crippen LogP) is 3.29. The number of hydrogen-bond acceptors (Lipinski definition) is 6. The molecule has 0 aromatic heterocycles. The minimum absolute atomic E-state index is 0.125. The van der Waals surface area contributed by atoms with Gasteiger partial charge in [0.05, 0.1) is 4.91 Å². The molecule has 2 aromatic carbocycles. The van der Waals surface area contributed by atoms with Crippen molar-refractivity contribution < 1.29 is 33.8 Å². The van der Waals surface area contributed by atoms with Crippen molar-refractivity contribution in [3.05, 3.63) is 64.3 Å². The lowest BCUT2D eigenvalue weighted by Crippen LogP contribution is -2.31. The number of rotatable bonds is 6. The van der Waals surface area contributed by atoms with Gasteiger partial charge in [0.2, 0.25) is 5.91 Å². The molecule has 30 heavy (non-hydrogen) atoms. The van der Waals surface area contributed by atoms with Gasteiger partial charge < -0.3 is 15.5 Å². The number of benzene rings is 2. The monoisotopic (exact) mass is 430 g/mol. The Bertz CT molecular complexity index is 1080. The summed E-state index contributed by atoms with van der Waals surface area (Å²) >= 11 is 0.700. The molecule has 3 amide bonds. The van der Waals surface area contributed by atoms with Gasteiger partial charge in [-0.3, -0.25) is 19.3 Å². The first-order valence-electron chi connectivity index (χ1n) is 8.61. The van der Waals surface area contributed by atoms with Crippen molar-refractivity contribution in [2.24, 2.45) is 0 Å². The molecule has 0 saturated carbocycles. The number of carbonyl (C=O) groups is 4. The van der Waals surface area contributed by atoms with Gasteiger partial charge in [0, 0.05) is 24.7 Å². The van der Waals surface area contributed by atoms with Gasteiger partial charge in [-0.25, -0.2) is 9.18 Å². The van der Waals surface area contributed by atoms with Crippen molar-refractivity contribution in [2.75, 3.05) is 11.9 Å². The number of thioether (sulfide) groups is 1. The van der Waals surface area contributed by atoms with Crippen molar-refractivity contribution in [3.63, 3.8) is 0 Å². The standard InChI is InChI=1S/C20H15FN2O6S/c21-12-3-1-2-11(8-12)9-16-18(26)23(20(29)30-16)7-6-17(25)22-13-4-5-14(19(27)28)15(24)10-13/h1-5,8-10,24H,6-7H2,(H,22,25)(H,27,28)/b16-9-. The van der Waals surface area contributed by atoms with Crippen molar-refractivity contribution >= 4 is 46.5 Å². The molecule has 0 aliphatic carbocycles. The van der Waals surface area contributed by atoms with Gasteiger partial charge in [-0.15, -0.1) is 0 Å². The number of anilines is 1. The third-order valence-electron chi connectivity index (χ3n) is 4.09. The smallest absolute Gasteiger partial charge is 0.339 e. The Hall–Kier alpha value is -3.66. The molecule has 10 heteroatoms. The summed E-state index contributed by atoms with van der Waals surface area (Å²) in [5.41, 5.74) is 0.293. The summed E-state index contributed by atoms with van der Waals surface area (Å²) in [6, 6.07) is 9.10. The van der Waals surface area contributed by atoms with Crippen LogP contribution in [0, 0.1) is 5.82 Å². The molecule has 8 nitrogen and oxygen atoms in total. The molecule has 154 valence electrons. The second-order valence-corrected chi connectivity index (χ2v) is 7.22. The maximum atomic E-state index is 13.3. The zero-order valence-corrected chi connectivity index (χ0v) is 16.1. The zero-order chi connectivity index (χ0) is 21.8. The number of aromatic carboxylic acids is 1. The first kappa shape index (κ1) is 21.1. The molecule has 0 bridgehead atoms. The van der Waals surface area contributed by atoms with E-state index in [0.717, 1.165) is 17.0 Å². The van der Waals surface area contributed by atoms with E-state index in [4.69, 9.17) is 5.11 Å². The first-order chi connectivity index (χ1) is 14.2. The van der Waals surface area contributed by atoms with Gasteiger partial charge in [-0.1, -0.05) is 12.1 Å². The number of carbonyl (C=O) groups excluding carboxylic acids is 3. The number of halogens is 1. The number of phenols is 1. The van der Waals surface area contributed by atoms with Gasteiger partial charge in [0.15, 0.2) is 0 Å². The minimum Gasteiger partial charge on any atom is -0.507 e. The molecular formula is C20H15FN2O6S. The topological polar surface area (TPSA) is 124 Å². The van der Waals surface area contributed by atoms with Gasteiger partial charge in [-0.2, -0.15) is 0 Å². The van der Waals surface area contributed by atoms with Gasteiger partial charge in [-0.05, 0) is 47.7 Å². The molecule has 0 spiro atoms. The molecule has 3 N–H and O–H groups in total. The normalized spacial score (nSPS) is 15.0. The molecule has 1 saturated heterocycles. The number of hydrogen-bond donors (Lipinski definition) is 3. The fourth-order valence-electron chi connectivity index (χ4n) is 2.67. The van der Waals surface area contributed by atoms with Gasteiger partial charge in [0.1, 0.15) is 17.1 Å². The highest BCUT2D eigenvalue weighted by Crippen LogP contribution is 2.32. The molecule has 1 aliphatic rings. The Kier molecular flexibility index (Phi) is 6.17. The van der Waals surface area contributed by atoms with E-state index in [1.807, 2.05) is 0 Å². The van der Waals surface area contributed by atoms with Crippen LogP contribution in [0.5, 0.6) is 5.75 Å². The van der Waals surface area contributed by atoms with E-state index in [-0.39, 0.29) is 29.1 Å². The molecule has 0 radical (unpaired) electrons. The molecule has 2 aromatic rings. The zero-order valence-electron chi connectivity index (χ0n) is 15.3. The van der Waals surface area contributed by atoms with Crippen LogP contribution >= 0.6 is 11.8 Å². The number of carboxylic acids is 1. The van der Waals surface area contributed by atoms with Gasteiger partial charge >= 0.3 is 5.97 Å². The minimum atomic E-state index is -1.31. The van der Waals surface area contributed by atoms with Crippen molar-refractivity contribution in [3.8, 4) is 5.75 Å². The number of nitrogens with zero attached hydrogens (tertiary/aromatic N) is 1. The molecule has 0 unspecified atom stereocenters. The summed E-state index contributed by atoms with van der Waals surface area (Å²) in [4.78, 5) is 48.6. The summed E-state index contributed by atoms with van der Waals surface area (Å²) in [6.07, 6.45) is 1.20. The van der Waals surface area contributed by atoms with Crippen LogP contribution < -0.4 is 5.32 Å². The average molecular weight is 430 g/mol. The van der Waals surface area contributed by atoms with E-state index in [9.17, 15) is 28.7 Å². The molecule has 1 heterocycles. The first-order valence-corrected chi connectivity index (χ1v) is 9.43. The third-order valence-corrected chi connectivity index (χ3v) is 5.00. The summed E-state index contributed by atoms with van der Waals surface area (Å²) in [5.74, 6) is -3.40. The largest absolute Gasteiger partial charge is 0.507 e. The molecule has 3 rings (SSSR count). The van der Waals surface area contributed by atoms with E-state index < -0.39 is 34.6 Å². The van der Waals surface area contributed by atoms with Crippen molar-refractivity contribution in [1.82, 2.24) is 4.90 Å². The lowest BCUT2D eigenvalue weighted by Gasteiger charge is -2.12. The van der Waals surface area contributed by atoms with Crippen LogP contribution in [0.3, 0.4) is 0 Å². The SMILES string of the molecule is O=C(CCN1C(=O)S/C(=C\c2cccc(F)c2)C1=O)Nc1ccc(C(=O)O)c(O)c1. The van der Waals surface area contributed by atoms with Crippen LogP contribution in [-0.2, 0) is 9.59 Å². The fraction of sp³-hybridized carbons (Fsp3) is 0.100. The van der Waals surface area contributed by atoms with Crippen molar-refractivity contribution in [2.45, 2.75) is 6.42 Å². The van der Waals surface area contributed by atoms with Crippen LogP contribution in [0.4, 0.5) is 14.9 Å². The highest BCUT2D eigenvalue weighted by Gasteiger charge is 2.35. The number of aromatic hydroxyl groups is 1. The van der Waals surface area contributed by atoms with E-state index in [0.29, 0.717) is 17.3 Å². The van der Waals surface area contributed by atoms with Crippen LogP contribution in [-0.4, -0.2) is 44.7 Å². The maximum Gasteiger partial charge on any atom is 0.339 e. The molecule has 1 aliphatic heterocycles. The number of imide groups is 1. The summed E-state index contributed by atoms with van der Waals surface area (Å²) in [7, 11) is 0. The Morgan fingerprint density at radius 1 is 1.17 bits per heavy atom. The predicted molar refractivity (Wildman–Crippen MR) is 107 cm³/mol. The third kappa shape index (κ3) is 4.84. The Labute approximate surface area is 174 Å². The van der Waals surface area contributed by atoms with E-state index in [2.05, 4.69) is 5.32 Å². The summed E-state index contributed by atoms with van der Waals surface area (Å²) < 4.78 is 13.3. The van der Waals surface area contributed by atoms with Gasteiger partial charge in [0.25, 0.3) is 11.1 Å². The second-order valence-electron chi connectivity index (χ2n) is 6.22. The highest BCUT2D eigenvalue weighted by atomic mass is 32.2. The highest BCUT2D eigenvalue weighted by molar-refractivity contribution is 8.18. The van der Waals surface area contributed by atoms with E-state index >= 15 is 0 Å². The Morgan fingerprint density at radius 3 is 2.60 bits per heavy atom. The lowest BCUT2D eigenvalue weighted by molar-refractivity contribution is -0.123. The molecular weight excluding hydrogens is 415 g/mol. The fourth-order valence-corrected chi connectivity index (χ4v) is 3.53. The number of nitrogens with one attached hydrogen (secondary N) is 1. The Morgan fingerprint density at radius 2 is 1.93 bits per heavy atom. The number of amides is 3. The van der Waals surface area contributed by atoms with E-state index in [1.54, 1.807) is 6.07 Å². The summed E-state index contributed by atoms with van der Waals surface area (Å²) in [5, 5.41) is 20.4. The van der Waals surface area contributed by atoms with Crippen LogP contribution in [0.1, 0.15) is 22.3 Å².